The van der Waals surface area contributed by atoms with Crippen LogP contribution in [0.3, 0.4) is 0 Å². The van der Waals surface area contributed by atoms with Gasteiger partial charge in [0, 0.05) is 6.54 Å². The molecular formula is C12H14N2O2S2. The van der Waals surface area contributed by atoms with Crippen molar-refractivity contribution in [2.24, 2.45) is 0 Å². The molecule has 1 aliphatic heterocycles. The first-order valence-electron chi connectivity index (χ1n) is 5.98. The van der Waals surface area contributed by atoms with Crippen LogP contribution >= 0.6 is 11.3 Å². The maximum absolute atomic E-state index is 12.5. The molecule has 18 heavy (non-hydrogen) atoms. The van der Waals surface area contributed by atoms with Gasteiger partial charge < -0.3 is 5.32 Å². The summed E-state index contributed by atoms with van der Waals surface area (Å²) in [6, 6.07) is 7.54. The molecule has 4 nitrogen and oxygen atoms in total. The Morgan fingerprint density at radius 3 is 2.89 bits per heavy atom. The van der Waals surface area contributed by atoms with Crippen LogP contribution in [-0.4, -0.2) is 31.7 Å². The zero-order chi connectivity index (χ0) is 12.6. The van der Waals surface area contributed by atoms with Gasteiger partial charge in [0.15, 0.2) is 0 Å². The van der Waals surface area contributed by atoms with E-state index in [0.29, 0.717) is 6.54 Å². The first-order valence-corrected chi connectivity index (χ1v) is 8.34. The highest BCUT2D eigenvalue weighted by Gasteiger charge is 2.31. The molecule has 0 radical (unpaired) electrons. The molecule has 0 unspecified atom stereocenters. The first-order chi connectivity index (χ1) is 8.68. The Labute approximate surface area is 110 Å². The number of benzene rings is 1. The fourth-order valence-electron chi connectivity index (χ4n) is 2.20. The van der Waals surface area contributed by atoms with Gasteiger partial charge in [0.25, 0.3) is 0 Å². The van der Waals surface area contributed by atoms with Crippen molar-refractivity contribution in [2.45, 2.75) is 22.4 Å². The minimum Gasteiger partial charge on any atom is -0.315 e. The van der Waals surface area contributed by atoms with E-state index in [1.54, 1.807) is 0 Å². The lowest BCUT2D eigenvalue weighted by Crippen LogP contribution is -2.38. The Morgan fingerprint density at radius 2 is 2.17 bits per heavy atom. The molecule has 1 N–H and O–H groups in total. The van der Waals surface area contributed by atoms with Gasteiger partial charge >= 0.3 is 0 Å². The number of para-hydroxylation sites is 1. The van der Waals surface area contributed by atoms with Gasteiger partial charge in [-0.2, -0.15) is 0 Å². The van der Waals surface area contributed by atoms with Crippen LogP contribution in [0.25, 0.3) is 10.2 Å². The van der Waals surface area contributed by atoms with E-state index >= 15 is 0 Å². The number of nitrogens with zero attached hydrogens (tertiary/aromatic N) is 1. The number of rotatable bonds is 2. The Kier molecular flexibility index (Phi) is 3.09. The number of aromatic nitrogens is 1. The number of nitrogens with one attached hydrogen (secondary N) is 1. The van der Waals surface area contributed by atoms with Crippen molar-refractivity contribution in [2.75, 3.05) is 13.1 Å². The number of piperidine rings is 1. The fraction of sp³-hybridized carbons (Fsp3) is 0.417. The minimum atomic E-state index is -3.28. The standard InChI is InChI=1S/C12H14N2O2S2/c15-18(16,9-4-3-7-13-8-9)12-14-10-5-1-2-6-11(10)17-12/h1-2,5-6,9,13H,3-4,7-8H2/t9-/m0/s1. The van der Waals surface area contributed by atoms with Crippen molar-refractivity contribution in [1.29, 1.82) is 0 Å². The lowest BCUT2D eigenvalue weighted by atomic mass is 10.2. The van der Waals surface area contributed by atoms with E-state index in [4.69, 9.17) is 0 Å². The van der Waals surface area contributed by atoms with Gasteiger partial charge in [-0.25, -0.2) is 13.4 Å². The summed E-state index contributed by atoms with van der Waals surface area (Å²) in [6.07, 6.45) is 1.64. The molecule has 0 aliphatic carbocycles. The van der Waals surface area contributed by atoms with E-state index in [1.807, 2.05) is 24.3 Å². The predicted octanol–water partition coefficient (Wildman–Crippen LogP) is 1.82. The lowest BCUT2D eigenvalue weighted by molar-refractivity contribution is 0.496. The van der Waals surface area contributed by atoms with E-state index in [-0.39, 0.29) is 9.59 Å². The minimum absolute atomic E-state index is 0.261. The zero-order valence-electron chi connectivity index (χ0n) is 9.80. The number of hydrogen-bond donors (Lipinski definition) is 1. The molecule has 0 spiro atoms. The Balaban J connectivity index is 2.01. The smallest absolute Gasteiger partial charge is 0.210 e. The summed E-state index contributed by atoms with van der Waals surface area (Å²) < 4.78 is 26.1. The molecule has 1 aliphatic rings. The van der Waals surface area contributed by atoms with E-state index < -0.39 is 9.84 Å². The van der Waals surface area contributed by atoms with Gasteiger partial charge in [-0.15, -0.1) is 11.3 Å². The Hall–Kier alpha value is -0.980. The van der Waals surface area contributed by atoms with Crippen molar-refractivity contribution < 1.29 is 8.42 Å². The average Bonchev–Trinajstić information content (AvgIpc) is 2.84. The van der Waals surface area contributed by atoms with Gasteiger partial charge in [-0.3, -0.25) is 0 Å². The van der Waals surface area contributed by atoms with Crippen LogP contribution < -0.4 is 5.32 Å². The van der Waals surface area contributed by atoms with E-state index in [0.717, 1.165) is 29.6 Å². The van der Waals surface area contributed by atoms with Crippen molar-refractivity contribution in [3.63, 3.8) is 0 Å². The number of sulfone groups is 1. The topological polar surface area (TPSA) is 59.1 Å². The van der Waals surface area contributed by atoms with Crippen LogP contribution in [0.1, 0.15) is 12.8 Å². The third kappa shape index (κ3) is 2.04. The molecule has 0 amide bonds. The highest BCUT2D eigenvalue weighted by molar-refractivity contribution is 7.94. The second kappa shape index (κ2) is 4.60. The van der Waals surface area contributed by atoms with Gasteiger partial charge in [0.05, 0.1) is 15.5 Å². The van der Waals surface area contributed by atoms with Crippen LogP contribution in [0.2, 0.25) is 0 Å². The summed E-state index contributed by atoms with van der Waals surface area (Å²) in [5.41, 5.74) is 0.768. The summed E-state index contributed by atoms with van der Waals surface area (Å²) in [5.74, 6) is 0. The highest BCUT2D eigenvalue weighted by atomic mass is 32.2. The van der Waals surface area contributed by atoms with Crippen LogP contribution in [0, 0.1) is 0 Å². The van der Waals surface area contributed by atoms with Gasteiger partial charge in [-0.1, -0.05) is 12.1 Å². The summed E-state index contributed by atoms with van der Waals surface area (Å²) >= 11 is 1.27. The van der Waals surface area contributed by atoms with Gasteiger partial charge in [0.2, 0.25) is 14.2 Å². The molecule has 1 aromatic carbocycles. The Bertz CT molecular complexity index is 625. The molecule has 1 atom stereocenters. The highest BCUT2D eigenvalue weighted by Crippen LogP contribution is 2.29. The number of thiazole rings is 1. The molecule has 1 aromatic heterocycles. The quantitative estimate of drug-likeness (QED) is 0.913. The maximum Gasteiger partial charge on any atom is 0.210 e. The number of hydrogen-bond acceptors (Lipinski definition) is 5. The van der Waals surface area contributed by atoms with Crippen LogP contribution in [0.4, 0.5) is 0 Å². The molecule has 6 heteroatoms. The van der Waals surface area contributed by atoms with Crippen LogP contribution in [0.5, 0.6) is 0 Å². The molecule has 1 saturated heterocycles. The summed E-state index contributed by atoms with van der Waals surface area (Å²) in [4.78, 5) is 4.26. The van der Waals surface area contributed by atoms with Gasteiger partial charge in [-0.05, 0) is 31.5 Å². The maximum atomic E-state index is 12.5. The zero-order valence-corrected chi connectivity index (χ0v) is 11.4. The number of fused-ring (bicyclic) bond motifs is 1. The lowest BCUT2D eigenvalue weighted by Gasteiger charge is -2.21. The molecule has 1 fully saturated rings. The summed E-state index contributed by atoms with van der Waals surface area (Å²) in [7, 11) is -3.28. The predicted molar refractivity (Wildman–Crippen MR) is 72.7 cm³/mol. The van der Waals surface area contributed by atoms with Crippen molar-refractivity contribution >= 4 is 31.4 Å². The SMILES string of the molecule is O=S(=O)(c1nc2ccccc2s1)[C@H]1CCCNC1. The summed E-state index contributed by atoms with van der Waals surface area (Å²) in [5, 5.41) is 2.82. The van der Waals surface area contributed by atoms with E-state index in [9.17, 15) is 8.42 Å². The average molecular weight is 282 g/mol. The molecule has 0 saturated carbocycles. The largest absolute Gasteiger partial charge is 0.315 e. The third-order valence-electron chi connectivity index (χ3n) is 3.21. The molecule has 96 valence electrons. The second-order valence-electron chi connectivity index (χ2n) is 4.46. The van der Waals surface area contributed by atoms with Crippen LogP contribution in [-0.2, 0) is 9.84 Å². The summed E-state index contributed by atoms with van der Waals surface area (Å²) in [6.45, 7) is 1.45. The van der Waals surface area contributed by atoms with Crippen molar-refractivity contribution in [3.8, 4) is 0 Å². The third-order valence-corrected chi connectivity index (χ3v) is 6.84. The van der Waals surface area contributed by atoms with Crippen molar-refractivity contribution in [3.05, 3.63) is 24.3 Å². The van der Waals surface area contributed by atoms with Crippen LogP contribution in [0.15, 0.2) is 28.6 Å². The second-order valence-corrected chi connectivity index (χ2v) is 7.89. The normalized spacial score (nSPS) is 21.2. The molecule has 0 bridgehead atoms. The monoisotopic (exact) mass is 282 g/mol. The molecule has 2 aromatic rings. The molecule has 2 heterocycles. The fourth-order valence-corrected chi connectivity index (χ4v) is 5.36. The van der Waals surface area contributed by atoms with Crippen molar-refractivity contribution in [1.82, 2.24) is 10.3 Å². The first kappa shape index (κ1) is 12.1. The molecule has 3 rings (SSSR count). The Morgan fingerprint density at radius 1 is 1.33 bits per heavy atom. The van der Waals surface area contributed by atoms with E-state index in [2.05, 4.69) is 10.3 Å². The van der Waals surface area contributed by atoms with Gasteiger partial charge in [0.1, 0.15) is 0 Å². The molecular weight excluding hydrogens is 268 g/mol. The van der Waals surface area contributed by atoms with E-state index in [1.165, 1.54) is 11.3 Å².